The number of carbonyl (C=O) groups excluding carboxylic acids is 1. The van der Waals surface area contributed by atoms with Crippen molar-refractivity contribution in [3.05, 3.63) is 22.4 Å². The average Bonchev–Trinajstić information content (AvgIpc) is 2.70. The number of hydrogen-bond acceptors (Lipinski definition) is 3. The number of rotatable bonds is 2. The molecule has 1 unspecified atom stereocenters. The van der Waals surface area contributed by atoms with Crippen molar-refractivity contribution in [2.24, 2.45) is 0 Å². The minimum Gasteiger partial charge on any atom is -0.449 e. The Morgan fingerprint density at radius 3 is 3.14 bits per heavy atom. The molecular weight excluding hydrogens is 198 g/mol. The second-order valence-electron chi connectivity index (χ2n) is 3.35. The molecular formula is C10H13NO2S. The number of carbonyl (C=O) groups is 1. The highest BCUT2D eigenvalue weighted by Crippen LogP contribution is 2.26. The van der Waals surface area contributed by atoms with Crippen molar-refractivity contribution in [1.82, 2.24) is 4.90 Å². The monoisotopic (exact) mass is 211 g/mol. The van der Waals surface area contributed by atoms with E-state index in [0.29, 0.717) is 6.61 Å². The summed E-state index contributed by atoms with van der Waals surface area (Å²) in [4.78, 5) is 14.4. The van der Waals surface area contributed by atoms with Gasteiger partial charge in [-0.05, 0) is 24.8 Å². The summed E-state index contributed by atoms with van der Waals surface area (Å²) in [7, 11) is 0. The number of ether oxygens (including phenoxy) is 1. The quantitative estimate of drug-likeness (QED) is 0.752. The normalized spacial score (nSPS) is 19.2. The summed E-state index contributed by atoms with van der Waals surface area (Å²) < 4.78 is 5.00. The van der Waals surface area contributed by atoms with Gasteiger partial charge >= 0.3 is 6.09 Å². The van der Waals surface area contributed by atoms with Crippen LogP contribution in [0.25, 0.3) is 0 Å². The van der Waals surface area contributed by atoms with E-state index in [2.05, 4.69) is 6.07 Å². The fourth-order valence-electron chi connectivity index (χ4n) is 1.60. The van der Waals surface area contributed by atoms with Crippen molar-refractivity contribution >= 4 is 17.4 Å². The van der Waals surface area contributed by atoms with Crippen molar-refractivity contribution < 1.29 is 9.53 Å². The van der Waals surface area contributed by atoms with E-state index in [1.165, 1.54) is 4.88 Å². The minimum atomic E-state index is -0.183. The molecule has 1 atom stereocenters. The summed E-state index contributed by atoms with van der Waals surface area (Å²) in [5.74, 6) is 0. The Morgan fingerprint density at radius 2 is 2.50 bits per heavy atom. The number of thiophene rings is 1. The zero-order valence-electron chi connectivity index (χ0n) is 8.10. The highest BCUT2D eigenvalue weighted by Gasteiger charge is 2.25. The summed E-state index contributed by atoms with van der Waals surface area (Å²) in [5.41, 5.74) is 0. The maximum atomic E-state index is 11.4. The molecule has 2 rings (SSSR count). The van der Waals surface area contributed by atoms with E-state index in [9.17, 15) is 4.79 Å². The van der Waals surface area contributed by atoms with Crippen LogP contribution in [0.2, 0.25) is 0 Å². The molecule has 1 aromatic rings. The van der Waals surface area contributed by atoms with Crippen LogP contribution in [0.5, 0.6) is 0 Å². The first-order valence-electron chi connectivity index (χ1n) is 4.76. The molecule has 0 radical (unpaired) electrons. The van der Waals surface area contributed by atoms with E-state index >= 15 is 0 Å². The lowest BCUT2D eigenvalue weighted by atomic mass is 10.2. The van der Waals surface area contributed by atoms with Gasteiger partial charge in [-0.15, -0.1) is 11.3 Å². The van der Waals surface area contributed by atoms with Crippen LogP contribution in [-0.4, -0.2) is 24.1 Å². The van der Waals surface area contributed by atoms with Crippen molar-refractivity contribution in [1.29, 1.82) is 0 Å². The van der Waals surface area contributed by atoms with Gasteiger partial charge in [0.25, 0.3) is 0 Å². The second-order valence-corrected chi connectivity index (χ2v) is 4.33. The van der Waals surface area contributed by atoms with Gasteiger partial charge in [0, 0.05) is 11.4 Å². The predicted octanol–water partition coefficient (Wildman–Crippen LogP) is 2.65. The highest BCUT2D eigenvalue weighted by atomic mass is 32.1. The molecule has 0 saturated carbocycles. The fourth-order valence-corrected chi connectivity index (χ4v) is 2.40. The molecule has 3 nitrogen and oxygen atoms in total. The van der Waals surface area contributed by atoms with E-state index in [-0.39, 0.29) is 12.1 Å². The first-order chi connectivity index (χ1) is 6.79. The fraction of sp³-hybridized carbons (Fsp3) is 0.500. The SMILES string of the molecule is CC(c1cccs1)N1CCCOC1=O. The molecule has 76 valence electrons. The predicted molar refractivity (Wildman–Crippen MR) is 55.4 cm³/mol. The number of cyclic esters (lactones) is 1. The molecule has 0 spiro atoms. The Bertz CT molecular complexity index is 310. The Morgan fingerprint density at radius 1 is 1.64 bits per heavy atom. The molecule has 0 aliphatic carbocycles. The van der Waals surface area contributed by atoms with Gasteiger partial charge in [-0.3, -0.25) is 0 Å². The van der Waals surface area contributed by atoms with Gasteiger partial charge in [-0.2, -0.15) is 0 Å². The van der Waals surface area contributed by atoms with Crippen LogP contribution >= 0.6 is 11.3 Å². The molecule has 2 heterocycles. The molecule has 0 N–H and O–H groups in total. The molecule has 1 aliphatic heterocycles. The molecule has 0 bridgehead atoms. The van der Waals surface area contributed by atoms with E-state index < -0.39 is 0 Å². The minimum absolute atomic E-state index is 0.141. The topological polar surface area (TPSA) is 29.5 Å². The summed E-state index contributed by atoms with van der Waals surface area (Å²) in [5, 5.41) is 2.03. The lowest BCUT2D eigenvalue weighted by Crippen LogP contribution is -2.39. The number of hydrogen-bond donors (Lipinski definition) is 0. The van der Waals surface area contributed by atoms with Crippen molar-refractivity contribution in [3.63, 3.8) is 0 Å². The van der Waals surface area contributed by atoms with Crippen LogP contribution in [0, 0.1) is 0 Å². The van der Waals surface area contributed by atoms with Gasteiger partial charge in [-0.25, -0.2) is 4.79 Å². The molecule has 1 aliphatic rings. The Labute approximate surface area is 87.3 Å². The molecule has 1 saturated heterocycles. The van der Waals surface area contributed by atoms with Gasteiger partial charge in [-0.1, -0.05) is 6.07 Å². The van der Waals surface area contributed by atoms with Crippen LogP contribution in [-0.2, 0) is 4.74 Å². The van der Waals surface area contributed by atoms with Crippen LogP contribution in [0.3, 0.4) is 0 Å². The third-order valence-electron chi connectivity index (χ3n) is 2.43. The lowest BCUT2D eigenvalue weighted by molar-refractivity contribution is 0.0586. The van der Waals surface area contributed by atoms with E-state index in [0.717, 1.165) is 13.0 Å². The lowest BCUT2D eigenvalue weighted by Gasteiger charge is -2.31. The maximum absolute atomic E-state index is 11.4. The van der Waals surface area contributed by atoms with E-state index in [1.807, 2.05) is 18.4 Å². The van der Waals surface area contributed by atoms with Gasteiger partial charge in [0.15, 0.2) is 0 Å². The molecule has 0 aromatic carbocycles. The Balaban J connectivity index is 2.10. The first-order valence-corrected chi connectivity index (χ1v) is 5.64. The largest absolute Gasteiger partial charge is 0.449 e. The molecule has 14 heavy (non-hydrogen) atoms. The molecule has 1 amide bonds. The second kappa shape index (κ2) is 4.00. The van der Waals surface area contributed by atoms with Crippen LogP contribution in [0.15, 0.2) is 17.5 Å². The molecule has 1 fully saturated rings. The van der Waals surface area contributed by atoms with Crippen molar-refractivity contribution in [2.75, 3.05) is 13.2 Å². The van der Waals surface area contributed by atoms with E-state index in [1.54, 1.807) is 16.2 Å². The van der Waals surface area contributed by atoms with Crippen LogP contribution in [0.4, 0.5) is 4.79 Å². The third kappa shape index (κ3) is 1.75. The highest BCUT2D eigenvalue weighted by molar-refractivity contribution is 7.10. The summed E-state index contributed by atoms with van der Waals surface area (Å²) >= 11 is 1.68. The van der Waals surface area contributed by atoms with Crippen LogP contribution in [0.1, 0.15) is 24.3 Å². The van der Waals surface area contributed by atoms with Gasteiger partial charge < -0.3 is 9.64 Å². The standard InChI is InChI=1S/C10H13NO2S/c1-8(9-4-2-7-14-9)11-5-3-6-13-10(11)12/h2,4,7-8H,3,5-6H2,1H3. The average molecular weight is 211 g/mol. The Hall–Kier alpha value is -1.03. The summed E-state index contributed by atoms with van der Waals surface area (Å²) in [6.07, 6.45) is 0.749. The summed E-state index contributed by atoms with van der Waals surface area (Å²) in [6.45, 7) is 3.41. The van der Waals surface area contributed by atoms with Gasteiger partial charge in [0.05, 0.1) is 12.6 Å². The zero-order chi connectivity index (χ0) is 9.97. The van der Waals surface area contributed by atoms with Crippen molar-refractivity contribution in [3.8, 4) is 0 Å². The van der Waals surface area contributed by atoms with E-state index in [4.69, 9.17) is 4.74 Å². The van der Waals surface area contributed by atoms with Crippen molar-refractivity contribution in [2.45, 2.75) is 19.4 Å². The first kappa shape index (κ1) is 9.52. The smallest absolute Gasteiger partial charge is 0.410 e. The third-order valence-corrected chi connectivity index (χ3v) is 3.47. The zero-order valence-corrected chi connectivity index (χ0v) is 8.92. The van der Waals surface area contributed by atoms with Gasteiger partial charge in [0.2, 0.25) is 0 Å². The van der Waals surface area contributed by atoms with Gasteiger partial charge in [0.1, 0.15) is 0 Å². The maximum Gasteiger partial charge on any atom is 0.410 e. The molecule has 4 heteroatoms. The molecule has 1 aromatic heterocycles. The Kier molecular flexibility index (Phi) is 2.72. The number of amides is 1. The van der Waals surface area contributed by atoms with Crippen LogP contribution < -0.4 is 0 Å². The number of nitrogens with zero attached hydrogens (tertiary/aromatic N) is 1. The summed E-state index contributed by atoms with van der Waals surface area (Å²) in [6, 6.07) is 4.20.